The SMILES string of the molecule is C=C(C)CC.C=O.C=O.C=O.C=O.C=O.C=O.C=O.C=O.C=O.C=O.CC.CC(=O)N(C)[C@@H](Cc1ccccc1)C(=O)N(C)[C@@H](Cc1ccccc1)C(=O)N[C@@H](C)C(=O)N1CCCCC1.CC(C)C.CC(C)C.CC(C)O.CCC(C)C.CCc1ccccc1.CCc1ccccc1.CN.CN.CN.CN.N.N.N.N.N. The van der Waals surface area contributed by atoms with Gasteiger partial charge in [0.1, 0.15) is 86.0 Å². The molecular weight excluding hydrogens is 1420 g/mol. The fourth-order valence-electron chi connectivity index (χ4n) is 6.27. The van der Waals surface area contributed by atoms with Gasteiger partial charge in [-0.25, -0.2) is 0 Å². The summed E-state index contributed by atoms with van der Waals surface area (Å²) in [6.07, 6.45) is 8.17. The number of nitrogens with two attached hydrogens (primary N) is 4. The number of aliphatic hydroxyl groups is 1. The van der Waals surface area contributed by atoms with Crippen LogP contribution in [0.3, 0.4) is 0 Å². The Hall–Kier alpha value is -9.20. The van der Waals surface area contributed by atoms with Gasteiger partial charge < -0.3 is 127 Å². The van der Waals surface area contributed by atoms with Crippen LogP contribution in [0.4, 0.5) is 0 Å². The summed E-state index contributed by atoms with van der Waals surface area (Å²) in [7, 11) is 9.20. The molecule has 0 unspecified atom stereocenters. The molecule has 28 nitrogen and oxygen atoms in total. The molecule has 0 radical (unpaired) electrons. The predicted molar refractivity (Wildman–Crippen MR) is 475 cm³/mol. The Morgan fingerprint density at radius 3 is 0.811 bits per heavy atom. The van der Waals surface area contributed by atoms with E-state index >= 15 is 0 Å². The normalized spacial score (nSPS) is 9.05. The number of aryl methyl sites for hydroxylation is 2. The summed E-state index contributed by atoms with van der Waals surface area (Å²) in [5.41, 5.74) is 23.9. The molecule has 3 atom stereocenters. The molecule has 0 saturated carbocycles. The summed E-state index contributed by atoms with van der Waals surface area (Å²) in [5.74, 6) is 1.47. The van der Waals surface area contributed by atoms with Gasteiger partial charge in [0.15, 0.2) is 0 Å². The highest BCUT2D eigenvalue weighted by Crippen LogP contribution is 2.17. The highest BCUT2D eigenvalue weighted by Gasteiger charge is 2.36. The van der Waals surface area contributed by atoms with E-state index in [1.165, 1.54) is 68.0 Å². The third-order valence-electron chi connectivity index (χ3n) is 11.2. The maximum atomic E-state index is 13.9. The summed E-state index contributed by atoms with van der Waals surface area (Å²) in [6, 6.07) is 37.5. The van der Waals surface area contributed by atoms with E-state index in [0.29, 0.717) is 19.5 Å². The average molecular weight is 1590 g/mol. The lowest BCUT2D eigenvalue weighted by Crippen LogP contribution is -2.58. The van der Waals surface area contributed by atoms with Crippen LogP contribution >= 0.6 is 0 Å². The van der Waals surface area contributed by atoms with E-state index in [2.05, 4.69) is 166 Å². The number of amides is 4. The van der Waals surface area contributed by atoms with Crippen molar-refractivity contribution < 1.29 is 72.2 Å². The molecule has 28 heteroatoms. The fraction of sp³-hybridized carbons (Fsp3) is 0.518. The number of aliphatic hydroxyl groups excluding tert-OH is 1. The van der Waals surface area contributed by atoms with Crippen LogP contribution in [0, 0.1) is 17.8 Å². The summed E-state index contributed by atoms with van der Waals surface area (Å²) in [5, 5.41) is 10.9. The second-order valence-corrected chi connectivity index (χ2v) is 21.5. The average Bonchev–Trinajstić information content (AvgIpc) is 0.823. The molecule has 0 bridgehead atoms. The third kappa shape index (κ3) is 144. The lowest BCUT2D eigenvalue weighted by molar-refractivity contribution is -0.147. The van der Waals surface area contributed by atoms with E-state index in [9.17, 15) is 19.2 Å². The summed E-state index contributed by atoms with van der Waals surface area (Å²) in [6.45, 7) is 63.7. The van der Waals surface area contributed by atoms with Crippen molar-refractivity contribution in [3.63, 3.8) is 0 Å². The summed E-state index contributed by atoms with van der Waals surface area (Å²) in [4.78, 5) is 137. The molecule has 4 aromatic rings. The lowest BCUT2D eigenvalue weighted by atomic mass is 10.00. The van der Waals surface area contributed by atoms with Crippen LogP contribution in [0.25, 0.3) is 0 Å². The predicted octanol–water partition coefficient (Wildman–Crippen LogP) is 13.2. The molecule has 0 aromatic heterocycles. The van der Waals surface area contributed by atoms with Gasteiger partial charge in [-0.1, -0.05) is 230 Å². The minimum absolute atomic E-state index is 0. The molecule has 0 aliphatic carbocycles. The monoisotopic (exact) mass is 1590 g/mol. The number of nitrogens with zero attached hydrogens (tertiary/aromatic N) is 3. The van der Waals surface area contributed by atoms with E-state index in [1.807, 2.05) is 161 Å². The van der Waals surface area contributed by atoms with Crippen molar-refractivity contribution in [3.8, 4) is 0 Å². The zero-order valence-electron chi connectivity index (χ0n) is 74.5. The quantitative estimate of drug-likeness (QED) is 0.0522. The number of hydrogen-bond acceptors (Lipinski definition) is 24. The van der Waals surface area contributed by atoms with Gasteiger partial charge >= 0.3 is 0 Å². The molecule has 5 rings (SSSR count). The third-order valence-corrected chi connectivity index (χ3v) is 11.2. The van der Waals surface area contributed by atoms with Crippen molar-refractivity contribution >= 4 is 91.5 Å². The van der Waals surface area contributed by atoms with Crippen molar-refractivity contribution in [2.45, 2.75) is 214 Å². The minimum atomic E-state index is -0.861. The van der Waals surface area contributed by atoms with Crippen LogP contribution in [-0.2, 0) is 92.8 Å². The smallest absolute Gasteiger partial charge is 0.246 e. The Morgan fingerprint density at radius 1 is 0.423 bits per heavy atom. The first-order valence-corrected chi connectivity index (χ1v) is 34.6. The van der Waals surface area contributed by atoms with Crippen LogP contribution in [0.5, 0.6) is 0 Å². The number of carbonyl (C=O) groups is 14. The Balaban J connectivity index is -0.0000000419. The Labute approximate surface area is 676 Å². The standard InChI is InChI=1S/C30H40N4O4.2C8H10.C5H12.C5H10.2C4H10.C3H8O.C2H6.4CH5N.10CH2O.5H3N/c1-22(29(37)34-18-12-7-13-19-34)31-28(36)26(20-24-14-8-5-9-15-24)33(4)30(38)27(32(3)23(2)35)21-25-16-10-6-11-17-25;2*1-2-8-6-4-3-5-7-8;2*1-4-5(2)3;2*1-4(2)3;1-3(2)4;15*1-2;;;;;/h5-6,8-11,14-17,22,26-27H,7,12-13,18-21H2,1-4H3,(H,31,36);2*3-7H,2H2,1H3;5H,4H2,1-3H3;2,4H2,1,3H3;2*4H,1-3H3;3-4H,1-2H3;1-2H3;4*2H2,1H3;10*1H2;5*1H3/t22-,26-,27-;;;;;;;;;;;;;;;;;;;;;;;;;;;/m0.........................../s1. The van der Waals surface area contributed by atoms with Gasteiger partial charge in [-0.2, -0.15) is 0 Å². The van der Waals surface area contributed by atoms with Crippen LogP contribution in [0.1, 0.15) is 186 Å². The molecule has 658 valence electrons. The molecule has 0 spiro atoms. The lowest BCUT2D eigenvalue weighted by Gasteiger charge is -2.35. The van der Waals surface area contributed by atoms with Gasteiger partial charge in [0.2, 0.25) is 23.6 Å². The minimum Gasteiger partial charge on any atom is -0.394 e. The van der Waals surface area contributed by atoms with Gasteiger partial charge in [0.05, 0.1) is 0 Å². The number of carbonyl (C=O) groups excluding carboxylic acids is 14. The molecule has 4 amide bonds. The number of rotatable bonds is 14. The van der Waals surface area contributed by atoms with Crippen molar-refractivity contribution in [3.05, 3.63) is 156 Å². The summed E-state index contributed by atoms with van der Waals surface area (Å²) >= 11 is 0. The molecule has 1 aliphatic heterocycles. The van der Waals surface area contributed by atoms with E-state index in [-0.39, 0.29) is 61.0 Å². The molecule has 1 saturated heterocycles. The van der Waals surface area contributed by atoms with Crippen molar-refractivity contribution in [1.29, 1.82) is 0 Å². The second kappa shape index (κ2) is 158. The van der Waals surface area contributed by atoms with Crippen LogP contribution in [0.2, 0.25) is 0 Å². The maximum Gasteiger partial charge on any atom is 0.246 e. The van der Waals surface area contributed by atoms with Gasteiger partial charge in [0, 0.05) is 53.1 Å². The maximum absolute atomic E-state index is 13.9. The van der Waals surface area contributed by atoms with Crippen molar-refractivity contribution in [2.75, 3.05) is 55.4 Å². The van der Waals surface area contributed by atoms with E-state index in [4.69, 9.17) is 53.1 Å². The van der Waals surface area contributed by atoms with E-state index in [1.54, 1.807) is 39.8 Å². The largest absolute Gasteiger partial charge is 0.394 e. The van der Waals surface area contributed by atoms with E-state index in [0.717, 1.165) is 67.4 Å². The molecular formula is C83H171N13O15. The molecule has 1 heterocycles. The Bertz CT molecular complexity index is 2170. The number of likely N-dealkylation sites (N-methyl/N-ethyl adjacent to an activating group) is 2. The first kappa shape index (κ1) is 167. The molecule has 25 N–H and O–H groups in total. The van der Waals surface area contributed by atoms with Crippen LogP contribution in [-0.4, -0.2) is 191 Å². The number of nitrogens with one attached hydrogen (secondary N) is 1. The summed E-state index contributed by atoms with van der Waals surface area (Å²) < 4.78 is 0. The molecule has 1 aliphatic rings. The number of likely N-dealkylation sites (tertiary alicyclic amines) is 1. The molecule has 4 aromatic carbocycles. The highest BCUT2D eigenvalue weighted by atomic mass is 16.3. The number of benzene rings is 4. The van der Waals surface area contributed by atoms with Crippen LogP contribution in [0.15, 0.2) is 133 Å². The molecule has 1 fully saturated rings. The Morgan fingerprint density at radius 2 is 0.631 bits per heavy atom. The Kier molecular flexibility index (Phi) is 237. The van der Waals surface area contributed by atoms with Gasteiger partial charge in [0.25, 0.3) is 0 Å². The number of allylic oxidation sites excluding steroid dienone is 1. The van der Waals surface area contributed by atoms with Crippen LogP contribution < -0.4 is 59.0 Å². The highest BCUT2D eigenvalue weighted by molar-refractivity contribution is 5.94. The van der Waals surface area contributed by atoms with Gasteiger partial charge in [-0.15, -0.1) is 6.58 Å². The van der Waals surface area contributed by atoms with Gasteiger partial charge in [-0.05, 0) is 134 Å². The zero-order chi connectivity index (χ0) is 88.6. The zero-order valence-corrected chi connectivity index (χ0v) is 74.5. The fourth-order valence-corrected chi connectivity index (χ4v) is 6.27. The number of hydrogen-bond donors (Lipinski definition) is 11. The van der Waals surface area contributed by atoms with Crippen molar-refractivity contribution in [2.24, 2.45) is 40.7 Å². The first-order valence-electron chi connectivity index (χ1n) is 34.6. The van der Waals surface area contributed by atoms with E-state index < -0.39 is 24.0 Å². The molecule has 111 heavy (non-hydrogen) atoms. The van der Waals surface area contributed by atoms with Crippen molar-refractivity contribution in [1.82, 2.24) is 50.8 Å². The first-order chi connectivity index (χ1) is 50.8. The topological polar surface area (TPSA) is 560 Å². The number of piperidine rings is 1. The second-order valence-electron chi connectivity index (χ2n) is 21.5. The van der Waals surface area contributed by atoms with Gasteiger partial charge in [-0.3, -0.25) is 19.2 Å².